The number of nitrogens with one attached hydrogen (secondary N) is 1. The number of rotatable bonds is 16. The summed E-state index contributed by atoms with van der Waals surface area (Å²) in [5.41, 5.74) is 0. The summed E-state index contributed by atoms with van der Waals surface area (Å²) in [5.74, 6) is -4.15. The summed E-state index contributed by atoms with van der Waals surface area (Å²) in [4.78, 5) is 73.8. The van der Waals surface area contributed by atoms with Crippen molar-refractivity contribution in [3.05, 3.63) is 0 Å². The molecule has 0 bridgehead atoms. The molecule has 188 valence electrons. The number of hydrogen-bond donors (Lipinski definition) is 1. The maximum atomic E-state index is 12.5. The summed E-state index contributed by atoms with van der Waals surface area (Å²) >= 11 is 0. The Morgan fingerprint density at radius 2 is 0.758 bits per heavy atom. The Balaban J connectivity index is 4.99. The molecule has 0 spiro atoms. The van der Waals surface area contributed by atoms with E-state index in [0.29, 0.717) is 0 Å². The number of esters is 4. The average Bonchev–Trinajstić information content (AvgIpc) is 2.73. The zero-order valence-electron chi connectivity index (χ0n) is 19.5. The van der Waals surface area contributed by atoms with Gasteiger partial charge >= 0.3 is 23.9 Å². The van der Waals surface area contributed by atoms with E-state index >= 15 is 0 Å². The van der Waals surface area contributed by atoms with E-state index in [2.05, 4.69) is 5.32 Å². The first-order valence-electron chi connectivity index (χ1n) is 10.6. The molecule has 33 heavy (non-hydrogen) atoms. The topological polar surface area (TPSA) is 158 Å². The van der Waals surface area contributed by atoms with Gasteiger partial charge in [0.05, 0.1) is 39.5 Å². The van der Waals surface area contributed by atoms with E-state index < -0.39 is 75.0 Å². The van der Waals surface area contributed by atoms with Crippen LogP contribution < -0.4 is 5.32 Å². The van der Waals surface area contributed by atoms with Gasteiger partial charge in [0, 0.05) is 0 Å². The largest absolute Gasteiger partial charge is 0.465 e. The molecule has 0 unspecified atom stereocenters. The molecule has 1 N–H and O–H groups in total. The minimum atomic E-state index is -0.707. The van der Waals surface area contributed by atoms with Gasteiger partial charge in [-0.15, -0.1) is 0 Å². The fraction of sp³-hybridized carbons (Fsp3) is 0.700. The summed E-state index contributed by atoms with van der Waals surface area (Å²) in [6.45, 7) is 4.09. The molecule has 0 aliphatic heterocycles. The van der Waals surface area contributed by atoms with Crippen LogP contribution in [0.25, 0.3) is 0 Å². The van der Waals surface area contributed by atoms with Gasteiger partial charge < -0.3 is 28.7 Å². The summed E-state index contributed by atoms with van der Waals surface area (Å²) < 4.78 is 19.2. The molecule has 0 aliphatic carbocycles. The lowest BCUT2D eigenvalue weighted by Gasteiger charge is -2.22. The fourth-order valence-corrected chi connectivity index (χ4v) is 2.41. The van der Waals surface area contributed by atoms with Crippen molar-refractivity contribution in [2.45, 2.75) is 27.7 Å². The second-order valence-corrected chi connectivity index (χ2v) is 6.32. The van der Waals surface area contributed by atoms with Crippen LogP contribution in [0.3, 0.4) is 0 Å². The number of amides is 2. The standard InChI is InChI=1S/C20H33N3O10/c1-5-30-17(26)11-22(12-18(27)31-6-2)15(24)9-21-10-16(25)23(13-19(28)32-7-3)14-20(29)33-8-4/h21H,5-14H2,1-4H3. The van der Waals surface area contributed by atoms with Crippen LogP contribution in [0.1, 0.15) is 27.7 Å². The van der Waals surface area contributed by atoms with Crippen molar-refractivity contribution >= 4 is 35.7 Å². The van der Waals surface area contributed by atoms with Gasteiger partial charge in [-0.1, -0.05) is 0 Å². The molecule has 0 heterocycles. The third-order valence-corrected chi connectivity index (χ3v) is 3.76. The minimum absolute atomic E-state index is 0.101. The van der Waals surface area contributed by atoms with E-state index in [1.807, 2.05) is 0 Å². The first-order chi connectivity index (χ1) is 15.7. The highest BCUT2D eigenvalue weighted by Crippen LogP contribution is 1.97. The Kier molecular flexibility index (Phi) is 15.7. The first-order valence-corrected chi connectivity index (χ1v) is 10.6. The molecular weight excluding hydrogens is 442 g/mol. The number of carbonyl (C=O) groups excluding carboxylic acids is 6. The predicted octanol–water partition coefficient (Wildman–Crippen LogP) is -1.51. The van der Waals surface area contributed by atoms with Crippen molar-refractivity contribution in [2.75, 3.05) is 65.7 Å². The van der Waals surface area contributed by atoms with Crippen LogP contribution in [0.5, 0.6) is 0 Å². The normalized spacial score (nSPS) is 10.1. The minimum Gasteiger partial charge on any atom is -0.465 e. The second kappa shape index (κ2) is 17.3. The van der Waals surface area contributed by atoms with Gasteiger partial charge in [-0.2, -0.15) is 0 Å². The third kappa shape index (κ3) is 13.7. The van der Waals surface area contributed by atoms with Crippen LogP contribution in [-0.4, -0.2) is 111 Å². The molecule has 0 aliphatic rings. The van der Waals surface area contributed by atoms with E-state index in [0.717, 1.165) is 9.80 Å². The van der Waals surface area contributed by atoms with Gasteiger partial charge in [0.25, 0.3) is 0 Å². The SMILES string of the molecule is CCOC(=O)CN(CC(=O)OCC)C(=O)CNCC(=O)N(CC(=O)OCC)CC(=O)OCC. The number of carbonyl (C=O) groups is 6. The van der Waals surface area contributed by atoms with Crippen LogP contribution in [-0.2, 0) is 47.7 Å². The van der Waals surface area contributed by atoms with Gasteiger partial charge in [-0.3, -0.25) is 34.1 Å². The van der Waals surface area contributed by atoms with E-state index in [4.69, 9.17) is 18.9 Å². The molecule has 0 saturated heterocycles. The van der Waals surface area contributed by atoms with Gasteiger partial charge in [0.1, 0.15) is 26.2 Å². The molecule has 0 aromatic carbocycles. The van der Waals surface area contributed by atoms with Crippen LogP contribution in [0, 0.1) is 0 Å². The lowest BCUT2D eigenvalue weighted by atomic mass is 10.4. The maximum Gasteiger partial charge on any atom is 0.325 e. The molecule has 0 atom stereocenters. The Bertz CT molecular complexity index is 587. The molecule has 2 amide bonds. The highest BCUT2D eigenvalue weighted by molar-refractivity contribution is 5.89. The lowest BCUT2D eigenvalue weighted by molar-refractivity contribution is -0.154. The number of nitrogens with zero attached hydrogens (tertiary/aromatic N) is 2. The summed E-state index contributed by atoms with van der Waals surface area (Å²) in [6, 6.07) is 0. The van der Waals surface area contributed by atoms with E-state index in [1.165, 1.54) is 0 Å². The quantitative estimate of drug-likeness (QED) is 0.204. The van der Waals surface area contributed by atoms with Crippen molar-refractivity contribution < 1.29 is 47.7 Å². The van der Waals surface area contributed by atoms with E-state index in [1.54, 1.807) is 27.7 Å². The lowest BCUT2D eigenvalue weighted by Crippen LogP contribution is -2.48. The Morgan fingerprint density at radius 1 is 0.515 bits per heavy atom. The molecule has 0 aromatic heterocycles. The molecule has 13 nitrogen and oxygen atoms in total. The monoisotopic (exact) mass is 475 g/mol. The number of ether oxygens (including phenoxy) is 4. The Hall–Kier alpha value is -3.22. The first kappa shape index (κ1) is 29.8. The van der Waals surface area contributed by atoms with Crippen molar-refractivity contribution in [1.29, 1.82) is 0 Å². The fourth-order valence-electron chi connectivity index (χ4n) is 2.41. The van der Waals surface area contributed by atoms with Crippen LogP contribution in [0.2, 0.25) is 0 Å². The molecule has 0 aromatic rings. The maximum absolute atomic E-state index is 12.5. The molecular formula is C20H33N3O10. The van der Waals surface area contributed by atoms with Crippen LogP contribution in [0.4, 0.5) is 0 Å². The summed E-state index contributed by atoms with van der Waals surface area (Å²) in [5, 5.41) is 2.58. The zero-order chi connectivity index (χ0) is 25.2. The van der Waals surface area contributed by atoms with Gasteiger partial charge in [0.2, 0.25) is 11.8 Å². The van der Waals surface area contributed by atoms with Gasteiger partial charge in [-0.25, -0.2) is 0 Å². The van der Waals surface area contributed by atoms with Crippen molar-refractivity contribution in [2.24, 2.45) is 0 Å². The van der Waals surface area contributed by atoms with Crippen LogP contribution >= 0.6 is 0 Å². The van der Waals surface area contributed by atoms with Gasteiger partial charge in [-0.05, 0) is 27.7 Å². The molecule has 0 rings (SSSR count). The summed E-state index contributed by atoms with van der Waals surface area (Å²) in [7, 11) is 0. The average molecular weight is 475 g/mol. The Labute approximate surface area is 192 Å². The van der Waals surface area contributed by atoms with E-state index in [9.17, 15) is 28.8 Å². The highest BCUT2D eigenvalue weighted by atomic mass is 16.5. The van der Waals surface area contributed by atoms with Crippen molar-refractivity contribution in [3.63, 3.8) is 0 Å². The molecule has 13 heteroatoms. The Morgan fingerprint density at radius 3 is 0.970 bits per heavy atom. The van der Waals surface area contributed by atoms with Gasteiger partial charge in [0.15, 0.2) is 0 Å². The van der Waals surface area contributed by atoms with E-state index in [-0.39, 0.29) is 26.4 Å². The molecule has 0 radical (unpaired) electrons. The van der Waals surface area contributed by atoms with Crippen LogP contribution in [0.15, 0.2) is 0 Å². The highest BCUT2D eigenvalue weighted by Gasteiger charge is 2.24. The molecule has 0 saturated carbocycles. The zero-order valence-corrected chi connectivity index (χ0v) is 19.5. The predicted molar refractivity (Wildman–Crippen MR) is 113 cm³/mol. The van der Waals surface area contributed by atoms with Crippen molar-refractivity contribution in [3.8, 4) is 0 Å². The smallest absolute Gasteiger partial charge is 0.325 e. The van der Waals surface area contributed by atoms with Crippen molar-refractivity contribution in [1.82, 2.24) is 15.1 Å². The molecule has 0 fully saturated rings. The number of hydrogen-bond acceptors (Lipinski definition) is 11. The summed E-state index contributed by atoms with van der Waals surface area (Å²) in [6.07, 6.45) is 0. The third-order valence-electron chi connectivity index (χ3n) is 3.76. The second-order valence-electron chi connectivity index (χ2n) is 6.32.